The molecule has 4 rings (SSSR count). The van der Waals surface area contributed by atoms with Gasteiger partial charge in [-0.25, -0.2) is 13.6 Å². The van der Waals surface area contributed by atoms with Gasteiger partial charge < -0.3 is 26.0 Å². The van der Waals surface area contributed by atoms with Crippen molar-refractivity contribution in [3.05, 3.63) is 59.4 Å². The molecule has 1 aliphatic heterocycles. The first-order valence-corrected chi connectivity index (χ1v) is 11.8. The highest BCUT2D eigenvalue weighted by molar-refractivity contribution is 7.89. The number of hydrogen-bond donors (Lipinski definition) is 5. The number of nitrogens with one attached hydrogen (secondary N) is 1. The maximum Gasteiger partial charge on any atom is 0.488 e. The van der Waals surface area contributed by atoms with Crippen molar-refractivity contribution in [2.24, 2.45) is 10.9 Å². The van der Waals surface area contributed by atoms with Gasteiger partial charge in [0, 0.05) is 18.3 Å². The third-order valence-corrected chi connectivity index (χ3v) is 6.37. The van der Waals surface area contributed by atoms with E-state index in [1.807, 2.05) is 6.92 Å². The Hall–Kier alpha value is -3.59. The summed E-state index contributed by atoms with van der Waals surface area (Å²) in [6.07, 6.45) is 0.374. The first kappa shape index (κ1) is 23.6. The van der Waals surface area contributed by atoms with E-state index in [0.717, 1.165) is 0 Å². The van der Waals surface area contributed by atoms with Crippen LogP contribution in [0.4, 0.5) is 17.6 Å². The molecule has 0 fully saturated rings. The molecule has 0 radical (unpaired) electrons. The molecule has 14 heteroatoms. The zero-order valence-corrected chi connectivity index (χ0v) is 18.9. The number of aromatic nitrogens is 3. The Morgan fingerprint density at radius 3 is 2.62 bits per heavy atom. The minimum Gasteiger partial charge on any atom is -0.423 e. The van der Waals surface area contributed by atoms with Gasteiger partial charge in [0.15, 0.2) is 0 Å². The standard InChI is InChI=1S/C20H22BN7O5S/c1-11-8-14-15(6-3-7-16(14)34(23,32)33)28(11)20-26-18(17(22)29)25-19(27-20)24-10-12-4-2-5-13(9-12)21(30)31/h2-7,9,11,30-31H,8,10H2,1H3,(H2,22,29)(H2,23,32,33)(H,24,25,26,27). The van der Waals surface area contributed by atoms with E-state index < -0.39 is 23.0 Å². The molecule has 1 aliphatic rings. The topological polar surface area (TPSA) is 198 Å². The molecule has 1 aromatic heterocycles. The van der Waals surface area contributed by atoms with E-state index in [0.29, 0.717) is 28.7 Å². The number of fused-ring (bicyclic) bond motifs is 1. The van der Waals surface area contributed by atoms with Gasteiger partial charge in [-0.3, -0.25) is 4.79 Å². The molecule has 176 valence electrons. The van der Waals surface area contributed by atoms with E-state index in [-0.39, 0.29) is 35.2 Å². The number of hydrogen-bond acceptors (Lipinski definition) is 10. The number of carbonyl (C=O) groups excluding carboxylic acids is 1. The number of anilines is 3. The zero-order valence-electron chi connectivity index (χ0n) is 18.1. The Morgan fingerprint density at radius 1 is 1.21 bits per heavy atom. The molecule has 2 heterocycles. The average molecular weight is 483 g/mol. The maximum absolute atomic E-state index is 12.0. The molecule has 7 N–H and O–H groups in total. The fourth-order valence-corrected chi connectivity index (χ4v) is 4.69. The molecule has 0 saturated heterocycles. The van der Waals surface area contributed by atoms with Crippen molar-refractivity contribution in [1.82, 2.24) is 15.0 Å². The third-order valence-electron chi connectivity index (χ3n) is 5.37. The van der Waals surface area contributed by atoms with Gasteiger partial charge in [0.25, 0.3) is 5.91 Å². The number of sulfonamides is 1. The van der Waals surface area contributed by atoms with Crippen molar-refractivity contribution < 1.29 is 23.3 Å². The van der Waals surface area contributed by atoms with Gasteiger partial charge in [0.2, 0.25) is 27.7 Å². The number of nitrogens with zero attached hydrogens (tertiary/aromatic N) is 4. The van der Waals surface area contributed by atoms with Gasteiger partial charge in [0.05, 0.1) is 4.90 Å². The number of nitrogens with two attached hydrogens (primary N) is 2. The van der Waals surface area contributed by atoms with E-state index in [4.69, 9.17) is 10.9 Å². The molecule has 1 unspecified atom stereocenters. The molecule has 3 aromatic rings. The van der Waals surface area contributed by atoms with Gasteiger partial charge in [-0.05, 0) is 42.1 Å². The number of rotatable bonds is 7. The summed E-state index contributed by atoms with van der Waals surface area (Å²) in [6.45, 7) is 2.07. The fraction of sp³-hybridized carbons (Fsp3) is 0.200. The van der Waals surface area contributed by atoms with Crippen molar-refractivity contribution in [2.45, 2.75) is 30.8 Å². The molecule has 0 spiro atoms. The lowest BCUT2D eigenvalue weighted by molar-refractivity contribution is 0.0990. The second-order valence-electron chi connectivity index (χ2n) is 7.84. The van der Waals surface area contributed by atoms with Crippen molar-refractivity contribution >= 4 is 46.1 Å². The SMILES string of the molecule is CC1Cc2c(cccc2S(N)(=O)=O)N1c1nc(NCc2cccc(B(O)O)c2)nc(C(N)=O)n1. The van der Waals surface area contributed by atoms with Crippen molar-refractivity contribution in [3.8, 4) is 0 Å². The summed E-state index contributed by atoms with van der Waals surface area (Å²) in [5, 5.41) is 27.1. The van der Waals surface area contributed by atoms with E-state index >= 15 is 0 Å². The second kappa shape index (κ2) is 8.98. The van der Waals surface area contributed by atoms with Gasteiger partial charge in [-0.1, -0.05) is 30.3 Å². The van der Waals surface area contributed by atoms with Crippen LogP contribution in [0.15, 0.2) is 47.4 Å². The Kier molecular flexibility index (Phi) is 6.23. The van der Waals surface area contributed by atoms with E-state index in [2.05, 4.69) is 20.3 Å². The fourth-order valence-electron chi connectivity index (χ4n) is 3.89. The Morgan fingerprint density at radius 2 is 1.94 bits per heavy atom. The predicted octanol–water partition coefficient (Wildman–Crippen LogP) is -1.01. The normalized spacial score (nSPS) is 15.2. The summed E-state index contributed by atoms with van der Waals surface area (Å²) in [6, 6.07) is 11.1. The average Bonchev–Trinajstić information content (AvgIpc) is 3.12. The molecule has 0 aliphatic carbocycles. The summed E-state index contributed by atoms with van der Waals surface area (Å²) >= 11 is 0. The van der Waals surface area contributed by atoms with Crippen LogP contribution in [0.5, 0.6) is 0 Å². The highest BCUT2D eigenvalue weighted by Crippen LogP contribution is 2.39. The van der Waals surface area contributed by atoms with Crippen LogP contribution in [0.3, 0.4) is 0 Å². The molecule has 1 amide bonds. The van der Waals surface area contributed by atoms with Crippen molar-refractivity contribution in [1.29, 1.82) is 0 Å². The minimum atomic E-state index is -3.94. The molecule has 34 heavy (non-hydrogen) atoms. The summed E-state index contributed by atoms with van der Waals surface area (Å²) in [5.74, 6) is -0.946. The van der Waals surface area contributed by atoms with Crippen LogP contribution in [-0.2, 0) is 23.0 Å². The van der Waals surface area contributed by atoms with Crippen LogP contribution in [0.2, 0.25) is 0 Å². The number of primary sulfonamides is 1. The van der Waals surface area contributed by atoms with Crippen molar-refractivity contribution in [2.75, 3.05) is 10.2 Å². The van der Waals surface area contributed by atoms with Crippen LogP contribution in [0.1, 0.15) is 28.7 Å². The van der Waals surface area contributed by atoms with Crippen LogP contribution >= 0.6 is 0 Å². The monoisotopic (exact) mass is 483 g/mol. The lowest BCUT2D eigenvalue weighted by Crippen LogP contribution is -2.30. The first-order chi connectivity index (χ1) is 16.0. The summed E-state index contributed by atoms with van der Waals surface area (Å²) in [4.78, 5) is 26.3. The smallest absolute Gasteiger partial charge is 0.423 e. The summed E-state index contributed by atoms with van der Waals surface area (Å²) in [5.41, 5.74) is 7.55. The number of carbonyl (C=O) groups is 1. The van der Waals surface area contributed by atoms with Gasteiger partial charge in [0.1, 0.15) is 0 Å². The lowest BCUT2D eigenvalue weighted by Gasteiger charge is -2.23. The van der Waals surface area contributed by atoms with Gasteiger partial charge in [-0.15, -0.1) is 0 Å². The molecule has 2 aromatic carbocycles. The molecule has 0 bridgehead atoms. The quantitative estimate of drug-likeness (QED) is 0.260. The highest BCUT2D eigenvalue weighted by Gasteiger charge is 2.34. The number of benzene rings is 2. The Balaban J connectivity index is 1.70. The van der Waals surface area contributed by atoms with Gasteiger partial charge in [-0.2, -0.15) is 15.0 Å². The second-order valence-corrected chi connectivity index (χ2v) is 9.37. The van der Waals surface area contributed by atoms with Crippen LogP contribution in [-0.4, -0.2) is 52.5 Å². The molecule has 1 atom stereocenters. The Labute approximate surface area is 195 Å². The van der Waals surface area contributed by atoms with Crippen LogP contribution < -0.4 is 26.6 Å². The molecule has 0 saturated carbocycles. The molecule has 12 nitrogen and oxygen atoms in total. The summed E-state index contributed by atoms with van der Waals surface area (Å²) in [7, 11) is -5.55. The third kappa shape index (κ3) is 4.70. The first-order valence-electron chi connectivity index (χ1n) is 10.2. The maximum atomic E-state index is 12.0. The largest absolute Gasteiger partial charge is 0.488 e. The lowest BCUT2D eigenvalue weighted by atomic mass is 9.80. The van der Waals surface area contributed by atoms with Crippen LogP contribution in [0.25, 0.3) is 0 Å². The van der Waals surface area contributed by atoms with E-state index in [1.165, 1.54) is 6.07 Å². The molecular formula is C20H22BN7O5S. The number of primary amides is 1. The van der Waals surface area contributed by atoms with Gasteiger partial charge >= 0.3 is 7.12 Å². The Bertz CT molecular complexity index is 1370. The highest BCUT2D eigenvalue weighted by atomic mass is 32.2. The zero-order chi connectivity index (χ0) is 24.6. The van der Waals surface area contributed by atoms with E-state index in [9.17, 15) is 23.3 Å². The van der Waals surface area contributed by atoms with Crippen LogP contribution in [0, 0.1) is 0 Å². The minimum absolute atomic E-state index is 0.0211. The summed E-state index contributed by atoms with van der Waals surface area (Å²) < 4.78 is 24.1. The van der Waals surface area contributed by atoms with Crippen molar-refractivity contribution in [3.63, 3.8) is 0 Å². The number of amides is 1. The predicted molar refractivity (Wildman–Crippen MR) is 125 cm³/mol. The van der Waals surface area contributed by atoms with E-state index in [1.54, 1.807) is 41.3 Å². The molecular weight excluding hydrogens is 461 g/mol.